The molecule has 0 heterocycles. The Labute approximate surface area is 177 Å². The molecule has 146 valence electrons. The number of carboxylic acids is 1. The van der Waals surface area contributed by atoms with Crippen molar-refractivity contribution in [3.05, 3.63) is 70.2 Å². The number of benzene rings is 3. The molecule has 1 amide bonds. The minimum absolute atomic E-state index is 0.123. The Balaban J connectivity index is 1.59. The Kier molecular flexibility index (Phi) is 3.91. The Hall–Kier alpha value is -2.66. The number of hydrogen-bond acceptors (Lipinski definition) is 2. The molecule has 0 radical (unpaired) electrons. The Morgan fingerprint density at radius 2 is 1.72 bits per heavy atom. The van der Waals surface area contributed by atoms with Crippen molar-refractivity contribution in [3.8, 4) is 11.1 Å². The van der Waals surface area contributed by atoms with Crippen molar-refractivity contribution < 1.29 is 14.7 Å². The van der Waals surface area contributed by atoms with Gasteiger partial charge in [0.25, 0.3) is 5.91 Å². The fourth-order valence-electron chi connectivity index (χ4n) is 5.13. The predicted octanol–water partition coefficient (Wildman–Crippen LogP) is 5.31. The number of fused-ring (bicyclic) bond motifs is 1. The molecule has 4 nitrogen and oxygen atoms in total. The lowest BCUT2D eigenvalue weighted by atomic mass is 9.39. The smallest absolute Gasteiger partial charge is 0.309 e. The van der Waals surface area contributed by atoms with Gasteiger partial charge in [0.1, 0.15) is 0 Å². The number of amides is 1. The van der Waals surface area contributed by atoms with Crippen LogP contribution in [0.15, 0.2) is 59.1 Å². The van der Waals surface area contributed by atoms with Gasteiger partial charge in [0.05, 0.1) is 11.0 Å². The molecule has 5 heteroatoms. The molecule has 6 rings (SSSR count). The van der Waals surface area contributed by atoms with E-state index >= 15 is 0 Å². The van der Waals surface area contributed by atoms with Crippen LogP contribution in [0.3, 0.4) is 0 Å². The number of rotatable bonds is 4. The van der Waals surface area contributed by atoms with Crippen LogP contribution in [0.2, 0.25) is 0 Å². The van der Waals surface area contributed by atoms with Crippen LogP contribution in [0, 0.1) is 12.3 Å². The number of carboxylic acid groups (broad SMARTS) is 1. The van der Waals surface area contributed by atoms with Gasteiger partial charge in [0.2, 0.25) is 0 Å². The number of carbonyl (C=O) groups excluding carboxylic acids is 1. The topological polar surface area (TPSA) is 66.4 Å². The first-order valence-corrected chi connectivity index (χ1v) is 10.5. The lowest BCUT2D eigenvalue weighted by Gasteiger charge is -2.67. The molecule has 0 aliphatic heterocycles. The van der Waals surface area contributed by atoms with E-state index in [0.717, 1.165) is 31.9 Å². The number of carbonyl (C=O) groups is 2. The summed E-state index contributed by atoms with van der Waals surface area (Å²) in [4.78, 5) is 24.8. The molecule has 2 N–H and O–H groups in total. The highest BCUT2D eigenvalue weighted by Gasteiger charge is 2.72. The first-order valence-electron chi connectivity index (χ1n) is 9.67. The summed E-state index contributed by atoms with van der Waals surface area (Å²) in [6, 6.07) is 18.2. The molecule has 0 atom stereocenters. The molecule has 2 bridgehead atoms. The second kappa shape index (κ2) is 6.17. The van der Waals surface area contributed by atoms with Gasteiger partial charge in [-0.2, -0.15) is 0 Å². The summed E-state index contributed by atoms with van der Waals surface area (Å²) in [5, 5.41) is 14.4. The number of halogens is 1. The fourth-order valence-corrected chi connectivity index (χ4v) is 5.49. The van der Waals surface area contributed by atoms with Gasteiger partial charge in [-0.3, -0.25) is 9.59 Å². The quantitative estimate of drug-likeness (QED) is 0.566. The Morgan fingerprint density at radius 3 is 2.38 bits per heavy atom. The van der Waals surface area contributed by atoms with Crippen LogP contribution in [0.1, 0.15) is 35.2 Å². The third-order valence-corrected chi connectivity index (χ3v) is 7.03. The summed E-state index contributed by atoms with van der Waals surface area (Å²) in [5.74, 6) is -0.868. The zero-order valence-corrected chi connectivity index (χ0v) is 17.5. The molecule has 3 fully saturated rings. The zero-order chi connectivity index (χ0) is 20.4. The largest absolute Gasteiger partial charge is 0.481 e. The normalized spacial score (nSPS) is 24.5. The van der Waals surface area contributed by atoms with Gasteiger partial charge < -0.3 is 10.4 Å². The maximum Gasteiger partial charge on any atom is 0.309 e. The van der Waals surface area contributed by atoms with E-state index in [1.54, 1.807) is 0 Å². The van der Waals surface area contributed by atoms with Crippen molar-refractivity contribution in [3.63, 3.8) is 0 Å². The van der Waals surface area contributed by atoms with Crippen molar-refractivity contribution in [1.82, 2.24) is 5.32 Å². The Bertz CT molecular complexity index is 1170. The lowest BCUT2D eigenvalue weighted by Crippen LogP contribution is -2.77. The predicted molar refractivity (Wildman–Crippen MR) is 116 cm³/mol. The molecule has 0 spiro atoms. The van der Waals surface area contributed by atoms with Gasteiger partial charge in [0.15, 0.2) is 0 Å². The lowest BCUT2D eigenvalue weighted by molar-refractivity contribution is -0.196. The van der Waals surface area contributed by atoms with Gasteiger partial charge >= 0.3 is 5.97 Å². The van der Waals surface area contributed by atoms with Crippen LogP contribution in [0.25, 0.3) is 21.9 Å². The standard InChI is InChI=1S/C24H20BrNO3/c1-14-18(15-5-3-2-4-6-15)9-16-7-8-17(25)10-19(16)20(14)21(27)26-24-11-23(12-24,13-24)22(28)29/h2-10H,11-13H2,1H3,(H,26,27)(H,28,29). The summed E-state index contributed by atoms with van der Waals surface area (Å²) in [6.45, 7) is 1.98. The van der Waals surface area contributed by atoms with Crippen molar-refractivity contribution >= 4 is 38.6 Å². The molecule has 3 aromatic carbocycles. The van der Waals surface area contributed by atoms with Crippen LogP contribution >= 0.6 is 15.9 Å². The fraction of sp³-hybridized carbons (Fsp3) is 0.250. The van der Waals surface area contributed by atoms with Gasteiger partial charge in [-0.1, -0.05) is 52.3 Å². The maximum atomic E-state index is 13.4. The summed E-state index contributed by atoms with van der Waals surface area (Å²) >= 11 is 3.52. The minimum Gasteiger partial charge on any atom is -0.481 e. The molecule has 3 saturated carbocycles. The highest BCUT2D eigenvalue weighted by Crippen LogP contribution is 2.67. The maximum absolute atomic E-state index is 13.4. The first kappa shape index (κ1) is 18.4. The molecule has 29 heavy (non-hydrogen) atoms. The number of nitrogens with one attached hydrogen (secondary N) is 1. The first-order chi connectivity index (χ1) is 13.8. The van der Waals surface area contributed by atoms with Gasteiger partial charge in [0, 0.05) is 10.0 Å². The van der Waals surface area contributed by atoms with Crippen LogP contribution in [-0.4, -0.2) is 22.5 Å². The van der Waals surface area contributed by atoms with Crippen molar-refractivity contribution in [2.24, 2.45) is 5.41 Å². The third-order valence-electron chi connectivity index (χ3n) is 6.54. The molecule has 0 saturated heterocycles. The third kappa shape index (κ3) is 2.71. The monoisotopic (exact) mass is 449 g/mol. The second-order valence-electron chi connectivity index (χ2n) is 8.51. The van der Waals surface area contributed by atoms with E-state index in [0.29, 0.717) is 24.8 Å². The number of aliphatic carboxylic acids is 1. The van der Waals surface area contributed by atoms with E-state index in [-0.39, 0.29) is 11.4 Å². The van der Waals surface area contributed by atoms with E-state index in [1.165, 1.54) is 0 Å². The molecule has 0 unspecified atom stereocenters. The second-order valence-corrected chi connectivity index (χ2v) is 9.42. The van der Waals surface area contributed by atoms with E-state index in [4.69, 9.17) is 0 Å². The molecular formula is C24H20BrNO3. The molecule has 3 aromatic rings. The highest BCUT2D eigenvalue weighted by molar-refractivity contribution is 9.10. The number of hydrogen-bond donors (Lipinski definition) is 2. The van der Waals surface area contributed by atoms with Crippen molar-refractivity contribution in [1.29, 1.82) is 0 Å². The van der Waals surface area contributed by atoms with E-state index in [9.17, 15) is 14.7 Å². The summed E-state index contributed by atoms with van der Waals surface area (Å²) in [6.07, 6.45) is 1.58. The van der Waals surface area contributed by atoms with Crippen LogP contribution in [-0.2, 0) is 4.79 Å². The van der Waals surface area contributed by atoms with Gasteiger partial charge in [-0.25, -0.2) is 0 Å². The molecule has 3 aliphatic carbocycles. The van der Waals surface area contributed by atoms with Crippen LogP contribution < -0.4 is 5.32 Å². The van der Waals surface area contributed by atoms with Gasteiger partial charge in [-0.05, 0) is 71.8 Å². The summed E-state index contributed by atoms with van der Waals surface area (Å²) < 4.78 is 0.918. The van der Waals surface area contributed by atoms with Crippen molar-refractivity contribution in [2.45, 2.75) is 31.7 Å². The molecule has 3 aliphatic rings. The molecular weight excluding hydrogens is 430 g/mol. The van der Waals surface area contributed by atoms with Crippen LogP contribution in [0.5, 0.6) is 0 Å². The average Bonchev–Trinajstić information content (AvgIpc) is 2.63. The van der Waals surface area contributed by atoms with Crippen molar-refractivity contribution in [2.75, 3.05) is 0 Å². The zero-order valence-electron chi connectivity index (χ0n) is 16.0. The minimum atomic E-state index is -0.745. The van der Waals surface area contributed by atoms with E-state index in [2.05, 4.69) is 27.3 Å². The van der Waals surface area contributed by atoms with Crippen LogP contribution in [0.4, 0.5) is 0 Å². The summed E-state index contributed by atoms with van der Waals surface area (Å²) in [7, 11) is 0. The Morgan fingerprint density at radius 1 is 1.03 bits per heavy atom. The molecule has 0 aromatic heterocycles. The van der Waals surface area contributed by atoms with E-state index < -0.39 is 11.4 Å². The average molecular weight is 450 g/mol. The SMILES string of the molecule is Cc1c(-c2ccccc2)cc2ccc(Br)cc2c1C(=O)NC12CC(C(=O)O)(C1)C2. The highest BCUT2D eigenvalue weighted by atomic mass is 79.9. The summed E-state index contributed by atoms with van der Waals surface area (Å²) in [5.41, 5.74) is 2.72. The van der Waals surface area contributed by atoms with E-state index in [1.807, 2.05) is 55.5 Å². The van der Waals surface area contributed by atoms with Gasteiger partial charge in [-0.15, -0.1) is 0 Å².